The van der Waals surface area contributed by atoms with Crippen LogP contribution in [0.1, 0.15) is 26.3 Å². The molecule has 4 nitrogen and oxygen atoms in total. The molecule has 0 radical (unpaired) electrons. The number of ether oxygens (including phenoxy) is 1. The van der Waals surface area contributed by atoms with E-state index in [4.69, 9.17) is 9.16 Å². The number of benzene rings is 1. The first-order valence-electron chi connectivity index (χ1n) is 8.13. The van der Waals surface area contributed by atoms with Crippen molar-refractivity contribution >= 4 is 14.3 Å². The predicted molar refractivity (Wildman–Crippen MR) is 96.9 cm³/mol. The fraction of sp³-hybridized carbons (Fsp3) is 0.611. The summed E-state index contributed by atoms with van der Waals surface area (Å²) in [5, 5.41) is 0.194. The minimum Gasteiger partial charge on any atom is -0.468 e. The van der Waals surface area contributed by atoms with E-state index in [0.29, 0.717) is 6.61 Å². The van der Waals surface area contributed by atoms with Crippen LogP contribution in [-0.2, 0) is 20.5 Å². The second-order valence-corrected chi connectivity index (χ2v) is 12.2. The van der Waals surface area contributed by atoms with Crippen LogP contribution in [0, 0.1) is 0 Å². The van der Waals surface area contributed by atoms with Crippen LogP contribution in [0.2, 0.25) is 18.1 Å². The average Bonchev–Trinajstić information content (AvgIpc) is 2.46. The number of methoxy groups -OCH3 is 1. The molecule has 23 heavy (non-hydrogen) atoms. The third kappa shape index (κ3) is 6.85. The minimum absolute atomic E-state index is 0.194. The molecule has 0 spiro atoms. The summed E-state index contributed by atoms with van der Waals surface area (Å²) in [7, 11) is -0.329. The lowest BCUT2D eigenvalue weighted by Crippen LogP contribution is -2.43. The Morgan fingerprint density at radius 1 is 1.17 bits per heavy atom. The highest BCUT2D eigenvalue weighted by Crippen LogP contribution is 2.36. The Hall–Kier alpha value is -1.17. The molecule has 1 rings (SSSR count). The summed E-state index contributed by atoms with van der Waals surface area (Å²) in [6.45, 7) is 13.5. The zero-order valence-electron chi connectivity index (χ0n) is 15.4. The van der Waals surface area contributed by atoms with Crippen molar-refractivity contribution in [3.8, 4) is 0 Å². The zero-order valence-corrected chi connectivity index (χ0v) is 16.4. The van der Waals surface area contributed by atoms with Gasteiger partial charge in [-0.25, -0.2) is 0 Å². The maximum Gasteiger partial charge on any atom is 0.319 e. The average molecular weight is 338 g/mol. The van der Waals surface area contributed by atoms with Crippen LogP contribution < -0.4 is 0 Å². The van der Waals surface area contributed by atoms with Crippen LogP contribution in [0.3, 0.4) is 0 Å². The highest BCUT2D eigenvalue weighted by molar-refractivity contribution is 6.74. The van der Waals surface area contributed by atoms with E-state index in [1.54, 1.807) is 0 Å². The summed E-state index contributed by atoms with van der Waals surface area (Å²) in [6, 6.07) is 10.2. The molecule has 0 aliphatic heterocycles. The molecule has 1 aromatic rings. The molecular formula is C18H31NO3Si. The number of nitrogens with zero attached hydrogens (tertiary/aromatic N) is 1. The summed E-state index contributed by atoms with van der Waals surface area (Å²) in [6.07, 6.45) is 0. The van der Waals surface area contributed by atoms with Crippen molar-refractivity contribution in [2.45, 2.75) is 45.4 Å². The van der Waals surface area contributed by atoms with Crippen LogP contribution in [-0.4, -0.2) is 46.0 Å². The van der Waals surface area contributed by atoms with Gasteiger partial charge in [-0.3, -0.25) is 9.69 Å². The van der Waals surface area contributed by atoms with Gasteiger partial charge < -0.3 is 9.16 Å². The molecule has 1 aromatic carbocycles. The van der Waals surface area contributed by atoms with E-state index in [9.17, 15) is 4.79 Å². The van der Waals surface area contributed by atoms with Gasteiger partial charge in [0.25, 0.3) is 0 Å². The molecule has 0 aromatic heterocycles. The third-order valence-electron chi connectivity index (χ3n) is 4.51. The van der Waals surface area contributed by atoms with Crippen molar-refractivity contribution < 1.29 is 14.0 Å². The lowest BCUT2D eigenvalue weighted by molar-refractivity contribution is -0.142. The van der Waals surface area contributed by atoms with Crippen LogP contribution in [0.25, 0.3) is 0 Å². The van der Waals surface area contributed by atoms with E-state index in [1.807, 2.05) is 18.2 Å². The molecule has 0 saturated carbocycles. The van der Waals surface area contributed by atoms with Crippen molar-refractivity contribution in [3.05, 3.63) is 35.9 Å². The van der Waals surface area contributed by atoms with Gasteiger partial charge >= 0.3 is 5.97 Å². The lowest BCUT2D eigenvalue weighted by atomic mass is 10.2. The van der Waals surface area contributed by atoms with Gasteiger partial charge in [-0.15, -0.1) is 0 Å². The molecule has 0 amide bonds. The van der Waals surface area contributed by atoms with Crippen molar-refractivity contribution in [3.63, 3.8) is 0 Å². The zero-order chi connectivity index (χ0) is 17.5. The van der Waals surface area contributed by atoms with Crippen molar-refractivity contribution in [2.24, 2.45) is 0 Å². The van der Waals surface area contributed by atoms with Crippen molar-refractivity contribution in [2.75, 3.05) is 26.8 Å². The summed E-state index contributed by atoms with van der Waals surface area (Å²) in [4.78, 5) is 13.7. The monoisotopic (exact) mass is 337 g/mol. The van der Waals surface area contributed by atoms with E-state index in [2.05, 4.69) is 50.9 Å². The Labute approximate surface area is 141 Å². The van der Waals surface area contributed by atoms with Crippen LogP contribution >= 0.6 is 0 Å². The fourth-order valence-corrected chi connectivity index (χ4v) is 2.98. The van der Waals surface area contributed by atoms with Gasteiger partial charge in [-0.1, -0.05) is 51.1 Å². The van der Waals surface area contributed by atoms with Crippen LogP contribution in [0.5, 0.6) is 0 Å². The largest absolute Gasteiger partial charge is 0.468 e. The Morgan fingerprint density at radius 3 is 2.30 bits per heavy atom. The topological polar surface area (TPSA) is 38.8 Å². The summed E-state index contributed by atoms with van der Waals surface area (Å²) in [5.74, 6) is -0.215. The van der Waals surface area contributed by atoms with E-state index < -0.39 is 8.32 Å². The number of hydrogen-bond donors (Lipinski definition) is 0. The standard InChI is InChI=1S/C18H31NO3Si/c1-18(2,3)23(5,6)22-13-12-19(15-17(20)21-4)14-16-10-8-7-9-11-16/h7-11H,12-15H2,1-6H3. The first kappa shape index (κ1) is 19.9. The molecule has 0 N–H and O–H groups in total. The number of rotatable bonds is 8. The van der Waals surface area contributed by atoms with Gasteiger partial charge in [0.2, 0.25) is 0 Å². The second kappa shape index (κ2) is 8.62. The summed E-state index contributed by atoms with van der Waals surface area (Å²) in [5.41, 5.74) is 1.18. The van der Waals surface area contributed by atoms with Gasteiger partial charge in [0, 0.05) is 19.7 Å². The summed E-state index contributed by atoms with van der Waals surface area (Å²) < 4.78 is 11.0. The maximum absolute atomic E-state index is 11.6. The van der Waals surface area contributed by atoms with Crippen molar-refractivity contribution in [1.29, 1.82) is 0 Å². The minimum atomic E-state index is -1.75. The first-order valence-corrected chi connectivity index (χ1v) is 11.0. The number of carbonyl (C=O) groups is 1. The molecule has 0 fully saturated rings. The molecular weight excluding hydrogens is 306 g/mol. The molecule has 0 bridgehead atoms. The second-order valence-electron chi connectivity index (χ2n) is 7.38. The van der Waals surface area contributed by atoms with Gasteiger partial charge in [-0.2, -0.15) is 0 Å². The van der Waals surface area contributed by atoms with E-state index in [1.165, 1.54) is 12.7 Å². The number of hydrogen-bond acceptors (Lipinski definition) is 4. The van der Waals surface area contributed by atoms with Crippen LogP contribution in [0.4, 0.5) is 0 Å². The van der Waals surface area contributed by atoms with Crippen molar-refractivity contribution in [1.82, 2.24) is 4.90 Å². The normalized spacial score (nSPS) is 12.5. The van der Waals surface area contributed by atoms with Gasteiger partial charge in [0.15, 0.2) is 8.32 Å². The number of carbonyl (C=O) groups excluding carboxylic acids is 1. The Bertz CT molecular complexity index is 483. The first-order chi connectivity index (χ1) is 10.7. The highest BCUT2D eigenvalue weighted by atomic mass is 28.4. The quantitative estimate of drug-likeness (QED) is 0.536. The maximum atomic E-state index is 11.6. The Balaban J connectivity index is 2.61. The van der Waals surface area contributed by atoms with E-state index >= 15 is 0 Å². The van der Waals surface area contributed by atoms with Gasteiger partial charge in [0.1, 0.15) is 0 Å². The van der Waals surface area contributed by atoms with Gasteiger partial charge in [0.05, 0.1) is 13.7 Å². The molecule has 0 saturated heterocycles. The van der Waals surface area contributed by atoms with Gasteiger partial charge in [-0.05, 0) is 23.7 Å². The fourth-order valence-electron chi connectivity index (χ4n) is 1.95. The molecule has 0 aliphatic rings. The Kier molecular flexibility index (Phi) is 7.44. The lowest BCUT2D eigenvalue weighted by Gasteiger charge is -2.36. The van der Waals surface area contributed by atoms with E-state index in [-0.39, 0.29) is 17.6 Å². The molecule has 0 aliphatic carbocycles. The predicted octanol–water partition coefficient (Wildman–Crippen LogP) is 3.68. The Morgan fingerprint density at radius 2 is 1.78 bits per heavy atom. The smallest absolute Gasteiger partial charge is 0.319 e. The molecule has 0 atom stereocenters. The molecule has 130 valence electrons. The highest BCUT2D eigenvalue weighted by Gasteiger charge is 2.37. The van der Waals surface area contributed by atoms with E-state index in [0.717, 1.165) is 13.1 Å². The molecule has 5 heteroatoms. The number of esters is 1. The SMILES string of the molecule is COC(=O)CN(CCO[Si](C)(C)C(C)(C)C)Cc1ccccc1. The third-order valence-corrected chi connectivity index (χ3v) is 9.04. The molecule has 0 heterocycles. The summed E-state index contributed by atoms with van der Waals surface area (Å²) >= 11 is 0. The molecule has 0 unspecified atom stereocenters. The van der Waals surface area contributed by atoms with Crippen LogP contribution in [0.15, 0.2) is 30.3 Å².